The third kappa shape index (κ3) is 4.44. The Hall–Kier alpha value is -2.69. The third-order valence-corrected chi connectivity index (χ3v) is 4.16. The second-order valence-corrected chi connectivity index (χ2v) is 6.15. The van der Waals surface area contributed by atoms with E-state index in [0.717, 1.165) is 0 Å². The molecule has 3 rings (SSSR count). The van der Waals surface area contributed by atoms with E-state index in [1.165, 1.54) is 18.1 Å². The van der Waals surface area contributed by atoms with Gasteiger partial charge in [0.25, 0.3) is 0 Å². The predicted molar refractivity (Wildman–Crippen MR) is 90.5 cm³/mol. The standard InChI is InChI=1S/C14H17N7O3S/c1-9-19-10(20-24-9)5-25-6-11(22)23-4-2-3-21-8-18-12-13(15)16-7-17-14(12)21/h7-8H,2-6H2,1H3,(H2,15,16,17). The van der Waals surface area contributed by atoms with Gasteiger partial charge in [0.05, 0.1) is 24.4 Å². The second kappa shape index (κ2) is 7.92. The lowest BCUT2D eigenvalue weighted by Gasteiger charge is -2.05. The smallest absolute Gasteiger partial charge is 0.315 e. The number of anilines is 1. The molecule has 11 heteroatoms. The van der Waals surface area contributed by atoms with Gasteiger partial charge >= 0.3 is 5.97 Å². The molecule has 132 valence electrons. The highest BCUT2D eigenvalue weighted by molar-refractivity contribution is 7.99. The molecular formula is C14H17N7O3S. The Kier molecular flexibility index (Phi) is 5.43. The van der Waals surface area contributed by atoms with Gasteiger partial charge in [-0.15, -0.1) is 11.8 Å². The number of aryl methyl sites for hydroxylation is 2. The molecule has 0 spiro atoms. The summed E-state index contributed by atoms with van der Waals surface area (Å²) in [5.41, 5.74) is 6.99. The molecule has 0 saturated carbocycles. The first-order chi connectivity index (χ1) is 12.1. The van der Waals surface area contributed by atoms with E-state index in [-0.39, 0.29) is 11.7 Å². The molecule has 0 unspecified atom stereocenters. The molecule has 0 saturated heterocycles. The number of thioether (sulfide) groups is 1. The molecule has 0 bridgehead atoms. The van der Waals surface area contributed by atoms with Crippen LogP contribution in [0.4, 0.5) is 5.82 Å². The average molecular weight is 363 g/mol. The van der Waals surface area contributed by atoms with Crippen LogP contribution < -0.4 is 5.73 Å². The molecule has 0 fully saturated rings. The fourth-order valence-electron chi connectivity index (χ4n) is 2.15. The minimum absolute atomic E-state index is 0.241. The van der Waals surface area contributed by atoms with Crippen LogP contribution in [0.2, 0.25) is 0 Å². The molecule has 0 aliphatic carbocycles. The van der Waals surface area contributed by atoms with Crippen molar-refractivity contribution in [2.45, 2.75) is 25.6 Å². The number of esters is 1. The van der Waals surface area contributed by atoms with Crippen molar-refractivity contribution in [3.05, 3.63) is 24.4 Å². The van der Waals surface area contributed by atoms with Crippen LogP contribution in [-0.4, -0.2) is 48.0 Å². The van der Waals surface area contributed by atoms with Gasteiger partial charge in [-0.1, -0.05) is 5.16 Å². The molecule has 0 aliphatic heterocycles. The largest absolute Gasteiger partial charge is 0.465 e. The average Bonchev–Trinajstić information content (AvgIpc) is 3.19. The first kappa shape index (κ1) is 17.1. The molecule has 0 aliphatic rings. The second-order valence-electron chi connectivity index (χ2n) is 5.17. The molecule has 3 heterocycles. The van der Waals surface area contributed by atoms with Crippen molar-refractivity contribution in [2.24, 2.45) is 0 Å². The zero-order valence-electron chi connectivity index (χ0n) is 13.6. The van der Waals surface area contributed by atoms with Gasteiger partial charge in [0.1, 0.15) is 11.8 Å². The first-order valence-electron chi connectivity index (χ1n) is 7.57. The predicted octanol–water partition coefficient (Wildman–Crippen LogP) is 0.967. The number of ether oxygens (including phenoxy) is 1. The summed E-state index contributed by atoms with van der Waals surface area (Å²) in [6, 6.07) is 0. The molecule has 3 aromatic rings. The SMILES string of the molecule is Cc1nc(CSCC(=O)OCCCn2cnc3c(N)ncnc32)no1. The highest BCUT2D eigenvalue weighted by Crippen LogP contribution is 2.14. The molecule has 2 N–H and O–H groups in total. The van der Waals surface area contributed by atoms with Gasteiger partial charge < -0.3 is 19.6 Å². The van der Waals surface area contributed by atoms with E-state index in [0.29, 0.717) is 54.0 Å². The van der Waals surface area contributed by atoms with Gasteiger partial charge in [-0.3, -0.25) is 4.79 Å². The van der Waals surface area contributed by atoms with Crippen molar-refractivity contribution in [3.8, 4) is 0 Å². The quantitative estimate of drug-likeness (QED) is 0.455. The van der Waals surface area contributed by atoms with Crippen molar-refractivity contribution < 1.29 is 14.1 Å². The Balaban J connectivity index is 1.36. The Morgan fingerprint density at radius 1 is 1.40 bits per heavy atom. The third-order valence-electron chi connectivity index (χ3n) is 3.26. The Morgan fingerprint density at radius 3 is 3.08 bits per heavy atom. The van der Waals surface area contributed by atoms with Gasteiger partial charge in [0, 0.05) is 13.5 Å². The molecule has 10 nitrogen and oxygen atoms in total. The molecule has 25 heavy (non-hydrogen) atoms. The van der Waals surface area contributed by atoms with Crippen molar-refractivity contribution in [1.82, 2.24) is 29.7 Å². The van der Waals surface area contributed by atoms with Gasteiger partial charge in [-0.2, -0.15) is 4.98 Å². The fraction of sp³-hybridized carbons (Fsp3) is 0.429. The summed E-state index contributed by atoms with van der Waals surface area (Å²) in [4.78, 5) is 28.0. The van der Waals surface area contributed by atoms with Crippen LogP contribution in [-0.2, 0) is 21.8 Å². The molecular weight excluding hydrogens is 346 g/mol. The van der Waals surface area contributed by atoms with Crippen LogP contribution in [0.5, 0.6) is 0 Å². The Bertz CT molecular complexity index is 863. The summed E-state index contributed by atoms with van der Waals surface area (Å²) in [5.74, 6) is 1.91. The van der Waals surface area contributed by atoms with Crippen LogP contribution in [0, 0.1) is 6.92 Å². The van der Waals surface area contributed by atoms with Crippen LogP contribution in [0.1, 0.15) is 18.1 Å². The van der Waals surface area contributed by atoms with Crippen LogP contribution in [0.3, 0.4) is 0 Å². The lowest BCUT2D eigenvalue weighted by Crippen LogP contribution is -2.10. The Morgan fingerprint density at radius 2 is 2.28 bits per heavy atom. The monoisotopic (exact) mass is 363 g/mol. The summed E-state index contributed by atoms with van der Waals surface area (Å²) in [5, 5.41) is 3.76. The number of hydrogen-bond acceptors (Lipinski definition) is 10. The normalized spacial score (nSPS) is 11.1. The van der Waals surface area contributed by atoms with Gasteiger partial charge in [-0.25, -0.2) is 15.0 Å². The van der Waals surface area contributed by atoms with Gasteiger partial charge in [0.2, 0.25) is 5.89 Å². The van der Waals surface area contributed by atoms with Crippen LogP contribution in [0.15, 0.2) is 17.2 Å². The van der Waals surface area contributed by atoms with E-state index in [2.05, 4.69) is 25.1 Å². The maximum atomic E-state index is 11.7. The Labute approximate surface area is 147 Å². The molecule has 0 amide bonds. The van der Waals surface area contributed by atoms with Gasteiger partial charge in [-0.05, 0) is 6.42 Å². The number of nitrogens with zero attached hydrogens (tertiary/aromatic N) is 6. The summed E-state index contributed by atoms with van der Waals surface area (Å²) < 4.78 is 11.9. The zero-order chi connectivity index (χ0) is 17.6. The lowest BCUT2D eigenvalue weighted by molar-refractivity contribution is -0.140. The van der Waals surface area contributed by atoms with Crippen molar-refractivity contribution >= 4 is 34.7 Å². The number of rotatable bonds is 8. The summed E-state index contributed by atoms with van der Waals surface area (Å²) in [6.45, 7) is 2.66. The summed E-state index contributed by atoms with van der Waals surface area (Å²) in [7, 11) is 0. The molecule has 3 aromatic heterocycles. The maximum absolute atomic E-state index is 11.7. The van der Waals surface area contributed by atoms with Gasteiger partial charge in [0.15, 0.2) is 17.3 Å². The molecule has 0 aromatic carbocycles. The lowest BCUT2D eigenvalue weighted by atomic mass is 10.4. The number of hydrogen-bond donors (Lipinski definition) is 1. The summed E-state index contributed by atoms with van der Waals surface area (Å²) >= 11 is 1.38. The zero-order valence-corrected chi connectivity index (χ0v) is 14.4. The van der Waals surface area contributed by atoms with Crippen LogP contribution >= 0.6 is 11.8 Å². The number of aromatic nitrogens is 6. The number of fused-ring (bicyclic) bond motifs is 1. The highest BCUT2D eigenvalue weighted by atomic mass is 32.2. The number of imidazole rings is 1. The van der Waals surface area contributed by atoms with Crippen molar-refractivity contribution in [3.63, 3.8) is 0 Å². The van der Waals surface area contributed by atoms with E-state index in [4.69, 9.17) is 15.0 Å². The van der Waals surface area contributed by atoms with E-state index in [1.54, 1.807) is 13.3 Å². The minimum atomic E-state index is -0.271. The molecule has 0 atom stereocenters. The minimum Gasteiger partial charge on any atom is -0.465 e. The van der Waals surface area contributed by atoms with Crippen molar-refractivity contribution in [2.75, 3.05) is 18.1 Å². The van der Waals surface area contributed by atoms with E-state index in [9.17, 15) is 4.79 Å². The maximum Gasteiger partial charge on any atom is 0.315 e. The van der Waals surface area contributed by atoms with Crippen molar-refractivity contribution in [1.29, 1.82) is 0 Å². The summed E-state index contributed by atoms with van der Waals surface area (Å²) in [6.07, 6.45) is 3.70. The number of carbonyl (C=O) groups is 1. The number of nitrogens with two attached hydrogens (primary N) is 1. The fourth-order valence-corrected chi connectivity index (χ4v) is 2.80. The van der Waals surface area contributed by atoms with Crippen LogP contribution in [0.25, 0.3) is 11.2 Å². The van der Waals surface area contributed by atoms with E-state index < -0.39 is 0 Å². The highest BCUT2D eigenvalue weighted by Gasteiger charge is 2.09. The van der Waals surface area contributed by atoms with E-state index in [1.807, 2.05) is 4.57 Å². The number of nitrogen functional groups attached to an aromatic ring is 1. The molecule has 0 radical (unpaired) electrons. The van der Waals surface area contributed by atoms with E-state index >= 15 is 0 Å². The first-order valence-corrected chi connectivity index (χ1v) is 8.73. The topological polar surface area (TPSA) is 135 Å². The number of carbonyl (C=O) groups excluding carboxylic acids is 1.